The number of rotatable bonds is 11. The average molecular weight is 537 g/mol. The minimum absolute atomic E-state index is 0.0184. The van der Waals surface area contributed by atoms with Crippen molar-refractivity contribution in [3.63, 3.8) is 0 Å². The average Bonchev–Trinajstić information content (AvgIpc) is 3.61. The third kappa shape index (κ3) is 5.78. The van der Waals surface area contributed by atoms with Gasteiger partial charge in [0.2, 0.25) is 0 Å². The van der Waals surface area contributed by atoms with E-state index in [0.29, 0.717) is 49.4 Å². The molecule has 6 aromatic rings. The number of ether oxygens (including phenoxy) is 3. The molecular formula is C30H28N6O4. The lowest BCUT2D eigenvalue weighted by Gasteiger charge is -2.09. The number of benzene rings is 2. The highest BCUT2D eigenvalue weighted by Gasteiger charge is 2.09. The Morgan fingerprint density at radius 1 is 0.675 bits per heavy atom. The first-order valence-electron chi connectivity index (χ1n) is 13.0. The summed E-state index contributed by atoms with van der Waals surface area (Å²) in [7, 11) is 0. The van der Waals surface area contributed by atoms with Gasteiger partial charge in [-0.25, -0.2) is 19.9 Å². The van der Waals surface area contributed by atoms with Gasteiger partial charge in [-0.1, -0.05) is 12.1 Å². The molecule has 4 aromatic heterocycles. The van der Waals surface area contributed by atoms with Crippen molar-refractivity contribution in [3.8, 4) is 34.5 Å². The Morgan fingerprint density at radius 3 is 1.80 bits per heavy atom. The third-order valence-electron chi connectivity index (χ3n) is 6.32. The van der Waals surface area contributed by atoms with E-state index >= 15 is 0 Å². The summed E-state index contributed by atoms with van der Waals surface area (Å²) in [6.07, 6.45) is 3.35. The molecule has 10 nitrogen and oxygen atoms in total. The predicted molar refractivity (Wildman–Crippen MR) is 151 cm³/mol. The summed E-state index contributed by atoms with van der Waals surface area (Å²) in [6, 6.07) is 19.2. The molecule has 6 rings (SSSR count). The van der Waals surface area contributed by atoms with Crippen LogP contribution in [0.25, 0.3) is 45.1 Å². The van der Waals surface area contributed by atoms with Gasteiger partial charge in [0, 0.05) is 0 Å². The van der Waals surface area contributed by atoms with Crippen LogP contribution in [0.1, 0.15) is 11.1 Å². The molecule has 0 saturated carbocycles. The summed E-state index contributed by atoms with van der Waals surface area (Å²) >= 11 is 0. The molecule has 0 spiro atoms. The van der Waals surface area contributed by atoms with Crippen LogP contribution in [0.3, 0.4) is 0 Å². The quantitative estimate of drug-likeness (QED) is 0.201. The first kappa shape index (κ1) is 25.5. The number of hydrogen-bond acceptors (Lipinski definition) is 8. The molecule has 10 heteroatoms. The molecule has 40 heavy (non-hydrogen) atoms. The van der Waals surface area contributed by atoms with Crippen LogP contribution in [-0.2, 0) is 11.3 Å². The number of hydrogen-bond donors (Lipinski definition) is 3. The van der Waals surface area contributed by atoms with Crippen molar-refractivity contribution < 1.29 is 19.3 Å². The highest BCUT2D eigenvalue weighted by molar-refractivity contribution is 5.80. The molecule has 0 fully saturated rings. The summed E-state index contributed by atoms with van der Waals surface area (Å²) in [6.45, 7) is 3.67. The van der Waals surface area contributed by atoms with Crippen molar-refractivity contribution in [1.82, 2.24) is 29.9 Å². The van der Waals surface area contributed by atoms with Gasteiger partial charge in [-0.15, -0.1) is 0 Å². The van der Waals surface area contributed by atoms with E-state index in [1.54, 1.807) is 12.4 Å². The van der Waals surface area contributed by atoms with Gasteiger partial charge in [-0.2, -0.15) is 0 Å². The molecule has 0 aliphatic heterocycles. The lowest BCUT2D eigenvalue weighted by atomic mass is 10.2. The molecule has 202 valence electrons. The number of pyridine rings is 2. The van der Waals surface area contributed by atoms with Crippen LogP contribution < -0.4 is 9.47 Å². The second-order valence-corrected chi connectivity index (χ2v) is 9.27. The Hall–Kier alpha value is -4.80. The fourth-order valence-electron chi connectivity index (χ4n) is 4.26. The topological polar surface area (TPSA) is 131 Å². The van der Waals surface area contributed by atoms with E-state index in [-0.39, 0.29) is 6.61 Å². The fraction of sp³-hybridized carbons (Fsp3) is 0.200. The summed E-state index contributed by atoms with van der Waals surface area (Å²) in [5.74, 6) is 2.70. The van der Waals surface area contributed by atoms with Crippen molar-refractivity contribution >= 4 is 22.1 Å². The fourth-order valence-corrected chi connectivity index (χ4v) is 4.26. The zero-order chi connectivity index (χ0) is 27.3. The van der Waals surface area contributed by atoms with Gasteiger partial charge < -0.3 is 29.3 Å². The van der Waals surface area contributed by atoms with E-state index < -0.39 is 0 Å². The predicted octanol–water partition coefficient (Wildman–Crippen LogP) is 4.84. The molecule has 2 aromatic carbocycles. The maximum Gasteiger partial charge on any atom is 0.157 e. The van der Waals surface area contributed by atoms with Gasteiger partial charge in [-0.05, 0) is 66.6 Å². The van der Waals surface area contributed by atoms with Crippen molar-refractivity contribution in [2.45, 2.75) is 13.5 Å². The van der Waals surface area contributed by atoms with Gasteiger partial charge >= 0.3 is 0 Å². The largest absolute Gasteiger partial charge is 0.490 e. The lowest BCUT2D eigenvalue weighted by Crippen LogP contribution is -2.12. The number of aliphatic hydroxyl groups is 1. The summed E-state index contributed by atoms with van der Waals surface area (Å²) in [4.78, 5) is 24.7. The van der Waals surface area contributed by atoms with Crippen LogP contribution in [0.15, 0.2) is 73.1 Å². The normalized spacial score (nSPS) is 11.3. The molecule has 4 heterocycles. The van der Waals surface area contributed by atoms with E-state index in [1.165, 1.54) is 5.56 Å². The van der Waals surface area contributed by atoms with E-state index in [4.69, 9.17) is 14.2 Å². The Kier molecular flexibility index (Phi) is 7.34. The number of aromatic nitrogens is 6. The maximum atomic E-state index is 9.31. The second kappa shape index (κ2) is 11.5. The summed E-state index contributed by atoms with van der Waals surface area (Å²) < 4.78 is 17.1. The molecule has 0 bridgehead atoms. The number of aryl methyl sites for hydroxylation is 1. The minimum Gasteiger partial charge on any atom is -0.490 e. The number of fused-ring (bicyclic) bond motifs is 2. The van der Waals surface area contributed by atoms with Crippen LogP contribution in [0, 0.1) is 6.92 Å². The SMILES string of the molecule is Cc1ccc2[nH]c(-c3ccc(OCCOCCOc4ccc(-c5nc6cc(CO)ccc6[nH]5)nc4)cn3)nc2c1. The number of imidazole rings is 2. The van der Waals surface area contributed by atoms with E-state index in [9.17, 15) is 5.11 Å². The van der Waals surface area contributed by atoms with Gasteiger partial charge in [0.05, 0.1) is 54.3 Å². The van der Waals surface area contributed by atoms with Crippen molar-refractivity contribution in [1.29, 1.82) is 0 Å². The number of nitrogens with zero attached hydrogens (tertiary/aromatic N) is 4. The van der Waals surface area contributed by atoms with E-state index in [1.807, 2.05) is 61.5 Å². The third-order valence-corrected chi connectivity index (χ3v) is 6.32. The van der Waals surface area contributed by atoms with Crippen LogP contribution in [0.5, 0.6) is 11.5 Å². The highest BCUT2D eigenvalue weighted by Crippen LogP contribution is 2.23. The zero-order valence-corrected chi connectivity index (χ0v) is 21.9. The molecule has 0 unspecified atom stereocenters. The van der Waals surface area contributed by atoms with Gasteiger partial charge in [0.15, 0.2) is 11.6 Å². The Balaban J connectivity index is 0.913. The molecule has 0 aliphatic carbocycles. The monoisotopic (exact) mass is 536 g/mol. The van der Waals surface area contributed by atoms with Gasteiger partial charge in [0.1, 0.15) is 36.1 Å². The molecule has 0 amide bonds. The van der Waals surface area contributed by atoms with E-state index in [0.717, 1.165) is 39.1 Å². The number of nitrogens with one attached hydrogen (secondary N) is 2. The zero-order valence-electron chi connectivity index (χ0n) is 21.9. The Bertz CT molecular complexity index is 1730. The van der Waals surface area contributed by atoms with Crippen LogP contribution in [0.4, 0.5) is 0 Å². The van der Waals surface area contributed by atoms with E-state index in [2.05, 4.69) is 36.0 Å². The van der Waals surface area contributed by atoms with Crippen LogP contribution >= 0.6 is 0 Å². The first-order valence-corrected chi connectivity index (χ1v) is 13.0. The molecule has 0 saturated heterocycles. The minimum atomic E-state index is -0.0184. The smallest absolute Gasteiger partial charge is 0.157 e. The summed E-state index contributed by atoms with van der Waals surface area (Å²) in [5.41, 5.74) is 7.03. The molecule has 0 atom stereocenters. The maximum absolute atomic E-state index is 9.31. The molecule has 3 N–H and O–H groups in total. The Labute approximate surface area is 230 Å². The first-order chi connectivity index (χ1) is 19.6. The number of aromatic amines is 2. The van der Waals surface area contributed by atoms with Crippen molar-refractivity contribution in [2.75, 3.05) is 26.4 Å². The summed E-state index contributed by atoms with van der Waals surface area (Å²) in [5, 5.41) is 9.31. The highest BCUT2D eigenvalue weighted by atomic mass is 16.5. The van der Waals surface area contributed by atoms with Gasteiger partial charge in [0.25, 0.3) is 0 Å². The molecule has 0 aliphatic rings. The standard InChI is InChI=1S/C30H28N6O4/c1-19-2-6-23-27(14-19)35-29(33-23)25-8-4-21(16-31-25)39-12-10-38-11-13-40-22-5-9-26(32-17-22)30-34-24-7-3-20(18-37)15-28(24)36-30/h2-9,14-17,37H,10-13,18H2,1H3,(H,33,35)(H,34,36). The van der Waals surface area contributed by atoms with Crippen molar-refractivity contribution in [2.24, 2.45) is 0 Å². The van der Waals surface area contributed by atoms with Gasteiger partial charge in [-0.3, -0.25) is 0 Å². The number of H-pyrrole nitrogens is 2. The van der Waals surface area contributed by atoms with Crippen LogP contribution in [-0.4, -0.2) is 61.4 Å². The van der Waals surface area contributed by atoms with Crippen molar-refractivity contribution in [3.05, 3.63) is 84.2 Å². The second-order valence-electron chi connectivity index (χ2n) is 9.27. The van der Waals surface area contributed by atoms with Crippen LogP contribution in [0.2, 0.25) is 0 Å². The Morgan fingerprint density at radius 2 is 1.25 bits per heavy atom. The molecule has 0 radical (unpaired) electrons. The lowest BCUT2D eigenvalue weighted by molar-refractivity contribution is 0.0762. The molecular weight excluding hydrogens is 508 g/mol. The number of aliphatic hydroxyl groups excluding tert-OH is 1.